The van der Waals surface area contributed by atoms with Gasteiger partial charge in [-0.25, -0.2) is 0 Å². The molecule has 0 aromatic heterocycles. The molecule has 17 heavy (non-hydrogen) atoms. The summed E-state index contributed by atoms with van der Waals surface area (Å²) >= 11 is 3.74. The van der Waals surface area contributed by atoms with Gasteiger partial charge in [0.15, 0.2) is 0 Å². The summed E-state index contributed by atoms with van der Waals surface area (Å²) in [5, 5.41) is 2.91. The molecule has 0 spiro atoms. The molecule has 0 radical (unpaired) electrons. The van der Waals surface area contributed by atoms with Crippen molar-refractivity contribution in [3.8, 4) is 0 Å². The number of amides is 1. The summed E-state index contributed by atoms with van der Waals surface area (Å²) in [5.41, 5.74) is 3.58. The second kappa shape index (κ2) is 5.67. The highest BCUT2D eigenvalue weighted by atomic mass is 79.9. The molecule has 1 aromatic carbocycles. The van der Waals surface area contributed by atoms with Crippen molar-refractivity contribution in [1.29, 1.82) is 0 Å². The van der Waals surface area contributed by atoms with E-state index in [0.29, 0.717) is 11.2 Å². The fraction of sp³-hybridized carbons (Fsp3) is 0.500. The third-order valence-electron chi connectivity index (χ3n) is 3.20. The Morgan fingerprint density at radius 2 is 2.24 bits per heavy atom. The third kappa shape index (κ3) is 3.09. The summed E-state index contributed by atoms with van der Waals surface area (Å²) in [5.74, 6) is 0.131. The van der Waals surface area contributed by atoms with E-state index in [1.54, 1.807) is 0 Å². The Balaban J connectivity index is 2.13. The number of rotatable bonds is 4. The molecule has 1 amide bonds. The molecule has 3 heteroatoms. The number of aryl methyl sites for hydroxylation is 1. The van der Waals surface area contributed by atoms with Gasteiger partial charge in [-0.05, 0) is 30.0 Å². The van der Waals surface area contributed by atoms with Crippen LogP contribution in [0.3, 0.4) is 0 Å². The van der Waals surface area contributed by atoms with Gasteiger partial charge in [-0.2, -0.15) is 0 Å². The zero-order chi connectivity index (χ0) is 12.3. The highest BCUT2D eigenvalue weighted by Gasteiger charge is 2.16. The SMILES string of the molecule is CCCCC(Br)c1ccc2c(c1)CCC(=O)N2. The molecule has 1 unspecified atom stereocenters. The predicted octanol–water partition coefficient (Wildman–Crippen LogP) is 4.20. The number of alkyl halides is 1. The molecule has 1 heterocycles. The number of hydrogen-bond acceptors (Lipinski definition) is 1. The second-order valence-electron chi connectivity index (χ2n) is 4.57. The maximum Gasteiger partial charge on any atom is 0.224 e. The molecule has 0 aliphatic carbocycles. The van der Waals surface area contributed by atoms with E-state index >= 15 is 0 Å². The second-order valence-corrected chi connectivity index (χ2v) is 5.68. The molecule has 0 fully saturated rings. The van der Waals surface area contributed by atoms with Gasteiger partial charge in [0, 0.05) is 16.9 Å². The monoisotopic (exact) mass is 295 g/mol. The van der Waals surface area contributed by atoms with Crippen molar-refractivity contribution in [3.05, 3.63) is 29.3 Å². The minimum Gasteiger partial charge on any atom is -0.326 e. The zero-order valence-corrected chi connectivity index (χ0v) is 11.7. The average molecular weight is 296 g/mol. The summed E-state index contributed by atoms with van der Waals surface area (Å²) in [7, 11) is 0. The number of benzene rings is 1. The summed E-state index contributed by atoms with van der Waals surface area (Å²) in [4.78, 5) is 11.7. The van der Waals surface area contributed by atoms with Crippen molar-refractivity contribution in [3.63, 3.8) is 0 Å². The van der Waals surface area contributed by atoms with E-state index in [9.17, 15) is 4.79 Å². The number of anilines is 1. The van der Waals surface area contributed by atoms with Crippen LogP contribution in [0.5, 0.6) is 0 Å². The molecule has 0 saturated heterocycles. The van der Waals surface area contributed by atoms with Crippen LogP contribution < -0.4 is 5.32 Å². The van der Waals surface area contributed by atoms with Crippen LogP contribution >= 0.6 is 15.9 Å². The van der Waals surface area contributed by atoms with Crippen molar-refractivity contribution in [1.82, 2.24) is 0 Å². The van der Waals surface area contributed by atoms with Crippen LogP contribution in [0.2, 0.25) is 0 Å². The number of nitrogens with one attached hydrogen (secondary N) is 1. The predicted molar refractivity (Wildman–Crippen MR) is 74.6 cm³/mol. The number of unbranched alkanes of at least 4 members (excludes halogenated alkanes) is 1. The minimum atomic E-state index is 0.131. The van der Waals surface area contributed by atoms with Crippen molar-refractivity contribution >= 4 is 27.5 Å². The standard InChI is InChI=1S/C14H18BrNO/c1-2-3-4-12(15)10-5-7-13-11(9-10)6-8-14(17)16-13/h5,7,9,12H,2-4,6,8H2,1H3,(H,16,17). The Bertz CT molecular complexity index is 417. The quantitative estimate of drug-likeness (QED) is 0.829. The number of carbonyl (C=O) groups excluding carboxylic acids is 1. The van der Waals surface area contributed by atoms with Crippen LogP contribution in [0.15, 0.2) is 18.2 Å². The molecule has 1 aromatic rings. The van der Waals surface area contributed by atoms with E-state index in [-0.39, 0.29) is 5.91 Å². The molecule has 1 aliphatic rings. The first-order valence-electron chi connectivity index (χ1n) is 6.27. The van der Waals surface area contributed by atoms with Gasteiger partial charge in [0.2, 0.25) is 5.91 Å². The average Bonchev–Trinajstić information content (AvgIpc) is 2.35. The minimum absolute atomic E-state index is 0.131. The van der Waals surface area contributed by atoms with Crippen molar-refractivity contribution < 1.29 is 4.79 Å². The smallest absolute Gasteiger partial charge is 0.224 e. The van der Waals surface area contributed by atoms with E-state index in [1.807, 2.05) is 6.07 Å². The fourth-order valence-corrected chi connectivity index (χ4v) is 2.76. The van der Waals surface area contributed by atoms with E-state index in [2.05, 4.69) is 40.3 Å². The molecular weight excluding hydrogens is 278 g/mol. The van der Waals surface area contributed by atoms with E-state index in [1.165, 1.54) is 30.4 Å². The number of hydrogen-bond donors (Lipinski definition) is 1. The Hall–Kier alpha value is -0.830. The van der Waals surface area contributed by atoms with Crippen LogP contribution in [0.4, 0.5) is 5.69 Å². The zero-order valence-electron chi connectivity index (χ0n) is 10.1. The van der Waals surface area contributed by atoms with Crippen LogP contribution in [0.1, 0.15) is 48.6 Å². The fourth-order valence-electron chi connectivity index (χ4n) is 2.15. The lowest BCUT2D eigenvalue weighted by Crippen LogP contribution is -2.19. The van der Waals surface area contributed by atoms with Crippen molar-refractivity contribution in [2.24, 2.45) is 0 Å². The van der Waals surface area contributed by atoms with Gasteiger partial charge in [0.1, 0.15) is 0 Å². The Kier molecular flexibility index (Phi) is 4.21. The van der Waals surface area contributed by atoms with E-state index in [4.69, 9.17) is 0 Å². The lowest BCUT2D eigenvalue weighted by atomic mass is 9.98. The summed E-state index contributed by atoms with van der Waals surface area (Å²) < 4.78 is 0. The maximum absolute atomic E-state index is 11.3. The van der Waals surface area contributed by atoms with Gasteiger partial charge in [0.25, 0.3) is 0 Å². The van der Waals surface area contributed by atoms with E-state index in [0.717, 1.165) is 12.1 Å². The molecule has 1 aliphatic heterocycles. The molecular formula is C14H18BrNO. The number of halogens is 1. The first-order chi connectivity index (χ1) is 8.20. The van der Waals surface area contributed by atoms with Crippen LogP contribution in [0.25, 0.3) is 0 Å². The topological polar surface area (TPSA) is 29.1 Å². The molecule has 1 atom stereocenters. The molecule has 0 bridgehead atoms. The maximum atomic E-state index is 11.3. The Morgan fingerprint density at radius 3 is 3.00 bits per heavy atom. The molecule has 0 saturated carbocycles. The first kappa shape index (κ1) is 12.6. The normalized spacial score (nSPS) is 16.2. The van der Waals surface area contributed by atoms with Crippen molar-refractivity contribution in [2.75, 3.05) is 5.32 Å². The van der Waals surface area contributed by atoms with Gasteiger partial charge >= 0.3 is 0 Å². The lowest BCUT2D eigenvalue weighted by molar-refractivity contribution is -0.116. The Labute approximate surface area is 111 Å². The van der Waals surface area contributed by atoms with Crippen LogP contribution in [-0.4, -0.2) is 5.91 Å². The lowest BCUT2D eigenvalue weighted by Gasteiger charge is -2.19. The largest absolute Gasteiger partial charge is 0.326 e. The summed E-state index contributed by atoms with van der Waals surface area (Å²) in [6.45, 7) is 2.21. The Morgan fingerprint density at radius 1 is 1.41 bits per heavy atom. The number of carbonyl (C=O) groups is 1. The number of fused-ring (bicyclic) bond motifs is 1. The van der Waals surface area contributed by atoms with Crippen LogP contribution in [0, 0.1) is 0 Å². The molecule has 1 N–H and O–H groups in total. The third-order valence-corrected chi connectivity index (χ3v) is 4.18. The van der Waals surface area contributed by atoms with Crippen LogP contribution in [-0.2, 0) is 11.2 Å². The van der Waals surface area contributed by atoms with Gasteiger partial charge in [-0.15, -0.1) is 0 Å². The summed E-state index contributed by atoms with van der Waals surface area (Å²) in [6.07, 6.45) is 5.11. The van der Waals surface area contributed by atoms with Gasteiger partial charge in [-0.1, -0.05) is 47.8 Å². The molecule has 2 nitrogen and oxygen atoms in total. The van der Waals surface area contributed by atoms with Gasteiger partial charge in [0.05, 0.1) is 0 Å². The molecule has 92 valence electrons. The first-order valence-corrected chi connectivity index (χ1v) is 7.19. The highest BCUT2D eigenvalue weighted by molar-refractivity contribution is 9.09. The van der Waals surface area contributed by atoms with Crippen molar-refractivity contribution in [2.45, 2.75) is 43.9 Å². The van der Waals surface area contributed by atoms with Gasteiger partial charge in [-0.3, -0.25) is 4.79 Å². The van der Waals surface area contributed by atoms with E-state index < -0.39 is 0 Å². The highest BCUT2D eigenvalue weighted by Crippen LogP contribution is 2.32. The molecule has 2 rings (SSSR count). The van der Waals surface area contributed by atoms with Gasteiger partial charge < -0.3 is 5.32 Å². The summed E-state index contributed by atoms with van der Waals surface area (Å²) in [6, 6.07) is 6.37.